The molecule has 1 aliphatic rings. The second kappa shape index (κ2) is 8.18. The highest BCUT2D eigenvalue weighted by Gasteiger charge is 2.22. The maximum atomic E-state index is 12.7. The Morgan fingerprint density at radius 2 is 2.15 bits per heavy atom. The number of primary amides is 1. The zero-order valence-corrected chi connectivity index (χ0v) is 15.4. The Morgan fingerprint density at radius 3 is 2.78 bits per heavy atom. The number of hydrogen-bond donors (Lipinski definition) is 1. The van der Waals surface area contributed by atoms with Gasteiger partial charge >= 0.3 is 0 Å². The van der Waals surface area contributed by atoms with Gasteiger partial charge in [0.25, 0.3) is 5.56 Å². The van der Waals surface area contributed by atoms with Crippen LogP contribution in [0, 0.1) is 17.2 Å². The molecule has 1 aliphatic heterocycles. The van der Waals surface area contributed by atoms with Crippen LogP contribution in [0.1, 0.15) is 24.8 Å². The van der Waals surface area contributed by atoms with E-state index in [4.69, 9.17) is 10.5 Å². The third-order valence-corrected chi connectivity index (χ3v) is 5.10. The van der Waals surface area contributed by atoms with Crippen LogP contribution in [0.5, 0.6) is 5.88 Å². The van der Waals surface area contributed by atoms with Gasteiger partial charge in [-0.15, -0.1) is 0 Å². The normalized spacial score (nSPS) is 15.6. The molecule has 2 aromatic rings. The van der Waals surface area contributed by atoms with Gasteiger partial charge in [-0.25, -0.2) is 4.98 Å². The minimum Gasteiger partial charge on any atom is -0.480 e. The Hall–Kier alpha value is -2.92. The molecule has 2 aromatic heterocycles. The molecule has 3 rings (SSSR count). The largest absolute Gasteiger partial charge is 0.480 e. The molecule has 0 unspecified atom stereocenters. The molecule has 0 spiro atoms. The van der Waals surface area contributed by atoms with Crippen molar-refractivity contribution in [2.24, 2.45) is 11.7 Å². The summed E-state index contributed by atoms with van der Waals surface area (Å²) in [5.41, 5.74) is 5.96. The second-order valence-electron chi connectivity index (χ2n) is 6.78. The summed E-state index contributed by atoms with van der Waals surface area (Å²) in [6.45, 7) is 3.16. The lowest BCUT2D eigenvalue weighted by atomic mass is 9.96. The smallest absolute Gasteiger partial charge is 0.260 e. The Kier molecular flexibility index (Phi) is 5.72. The summed E-state index contributed by atoms with van der Waals surface area (Å²) in [7, 11) is 1.45. The predicted octanol–water partition coefficient (Wildman–Crippen LogP) is 0.864. The molecule has 2 N–H and O–H groups in total. The van der Waals surface area contributed by atoms with Gasteiger partial charge in [0.2, 0.25) is 11.8 Å². The molecule has 0 atom stereocenters. The lowest BCUT2D eigenvalue weighted by Crippen LogP contribution is -2.39. The van der Waals surface area contributed by atoms with Crippen LogP contribution >= 0.6 is 0 Å². The lowest BCUT2D eigenvalue weighted by molar-refractivity contribution is -0.123. The van der Waals surface area contributed by atoms with E-state index in [-0.39, 0.29) is 28.8 Å². The monoisotopic (exact) mass is 369 g/mol. The van der Waals surface area contributed by atoms with E-state index >= 15 is 0 Å². The summed E-state index contributed by atoms with van der Waals surface area (Å²) in [4.78, 5) is 30.5. The number of aryl methyl sites for hydroxylation is 1. The molecule has 3 heterocycles. The fourth-order valence-corrected chi connectivity index (χ4v) is 3.51. The van der Waals surface area contributed by atoms with Crippen molar-refractivity contribution in [1.29, 1.82) is 5.26 Å². The first-order valence-electron chi connectivity index (χ1n) is 9.03. The molecule has 0 bridgehead atoms. The van der Waals surface area contributed by atoms with E-state index in [0.717, 1.165) is 38.9 Å². The van der Waals surface area contributed by atoms with Gasteiger partial charge in [0.05, 0.1) is 18.0 Å². The number of likely N-dealkylation sites (tertiary alicyclic amines) is 1. The van der Waals surface area contributed by atoms with Gasteiger partial charge < -0.3 is 19.9 Å². The number of piperidine rings is 1. The number of nitrogens with zero attached hydrogens (tertiary/aromatic N) is 4. The minimum absolute atomic E-state index is 0.0109. The molecule has 142 valence electrons. The van der Waals surface area contributed by atoms with Crippen molar-refractivity contribution in [3.63, 3.8) is 0 Å². The molecule has 1 amide bonds. The van der Waals surface area contributed by atoms with Crippen LogP contribution in [0.2, 0.25) is 0 Å². The molecule has 8 heteroatoms. The third kappa shape index (κ3) is 4.09. The number of aromatic nitrogens is 2. The van der Waals surface area contributed by atoms with Gasteiger partial charge in [0.1, 0.15) is 11.6 Å². The number of nitrogens with two attached hydrogens (primary N) is 1. The van der Waals surface area contributed by atoms with Crippen molar-refractivity contribution >= 4 is 16.8 Å². The standard InChI is InChI=1S/C19H23N5O3/c1-27-18-14(12-20)11-15-16(22-18)5-10-24(19(15)26)7-2-6-23-8-3-13(4-9-23)17(21)25/h5,10-11,13H,2-4,6-9H2,1H3,(H2,21,25). The minimum atomic E-state index is -0.209. The maximum absolute atomic E-state index is 12.7. The quantitative estimate of drug-likeness (QED) is 0.808. The summed E-state index contributed by atoms with van der Waals surface area (Å²) in [6, 6.07) is 5.31. The lowest BCUT2D eigenvalue weighted by Gasteiger charge is -2.30. The first-order valence-corrected chi connectivity index (χ1v) is 9.03. The summed E-state index contributed by atoms with van der Waals surface area (Å²) >= 11 is 0. The highest BCUT2D eigenvalue weighted by molar-refractivity contribution is 5.80. The summed E-state index contributed by atoms with van der Waals surface area (Å²) < 4.78 is 6.74. The number of fused-ring (bicyclic) bond motifs is 1. The van der Waals surface area contributed by atoms with Gasteiger partial charge in [0.15, 0.2) is 0 Å². The van der Waals surface area contributed by atoms with E-state index in [2.05, 4.69) is 9.88 Å². The van der Waals surface area contributed by atoms with Crippen LogP contribution in [0.3, 0.4) is 0 Å². The van der Waals surface area contributed by atoms with E-state index in [1.165, 1.54) is 13.2 Å². The molecule has 0 saturated carbocycles. The molecular formula is C19H23N5O3. The van der Waals surface area contributed by atoms with Crippen LogP contribution in [0.15, 0.2) is 23.1 Å². The number of ether oxygens (including phenoxy) is 1. The Labute approximate surface area is 157 Å². The number of carbonyl (C=O) groups is 1. The van der Waals surface area contributed by atoms with Crippen molar-refractivity contribution in [2.45, 2.75) is 25.8 Å². The first kappa shape index (κ1) is 18.9. The van der Waals surface area contributed by atoms with Crippen molar-refractivity contribution in [3.05, 3.63) is 34.2 Å². The maximum Gasteiger partial charge on any atom is 0.260 e. The summed E-state index contributed by atoms with van der Waals surface area (Å²) in [5.74, 6) is 0.00374. The highest BCUT2D eigenvalue weighted by Crippen LogP contribution is 2.19. The van der Waals surface area contributed by atoms with Gasteiger partial charge in [-0.2, -0.15) is 5.26 Å². The van der Waals surface area contributed by atoms with Crippen molar-refractivity contribution in [2.75, 3.05) is 26.7 Å². The number of nitriles is 1. The molecule has 0 aliphatic carbocycles. The van der Waals surface area contributed by atoms with E-state index in [1.54, 1.807) is 16.8 Å². The van der Waals surface area contributed by atoms with E-state index in [9.17, 15) is 14.9 Å². The fourth-order valence-electron chi connectivity index (χ4n) is 3.51. The Morgan fingerprint density at radius 1 is 1.41 bits per heavy atom. The van der Waals surface area contributed by atoms with Gasteiger partial charge in [-0.3, -0.25) is 9.59 Å². The number of pyridine rings is 2. The average molecular weight is 369 g/mol. The van der Waals surface area contributed by atoms with Crippen molar-refractivity contribution < 1.29 is 9.53 Å². The zero-order valence-electron chi connectivity index (χ0n) is 15.4. The molecular weight excluding hydrogens is 346 g/mol. The molecule has 0 radical (unpaired) electrons. The number of carbonyl (C=O) groups excluding carboxylic acids is 1. The van der Waals surface area contributed by atoms with Crippen LogP contribution in [-0.2, 0) is 11.3 Å². The fraction of sp³-hybridized carbons (Fsp3) is 0.474. The Balaban J connectivity index is 1.66. The molecule has 27 heavy (non-hydrogen) atoms. The van der Waals surface area contributed by atoms with Crippen LogP contribution in [0.25, 0.3) is 10.9 Å². The number of hydrogen-bond acceptors (Lipinski definition) is 6. The summed E-state index contributed by atoms with van der Waals surface area (Å²) in [6.07, 6.45) is 4.15. The number of methoxy groups -OCH3 is 1. The van der Waals surface area contributed by atoms with Gasteiger partial charge in [-0.05, 0) is 51.0 Å². The topological polar surface area (TPSA) is 114 Å². The van der Waals surface area contributed by atoms with Gasteiger partial charge in [-0.1, -0.05) is 0 Å². The zero-order chi connectivity index (χ0) is 19.4. The van der Waals surface area contributed by atoms with E-state index in [0.29, 0.717) is 17.4 Å². The Bertz CT molecular complexity index is 939. The first-order chi connectivity index (χ1) is 13.0. The van der Waals surface area contributed by atoms with Crippen molar-refractivity contribution in [1.82, 2.24) is 14.5 Å². The highest BCUT2D eigenvalue weighted by atomic mass is 16.5. The van der Waals surface area contributed by atoms with Crippen LogP contribution < -0.4 is 16.0 Å². The van der Waals surface area contributed by atoms with Gasteiger partial charge in [0, 0.05) is 18.7 Å². The predicted molar refractivity (Wildman–Crippen MR) is 100 cm³/mol. The average Bonchev–Trinajstić information content (AvgIpc) is 2.69. The van der Waals surface area contributed by atoms with Crippen LogP contribution in [-0.4, -0.2) is 47.1 Å². The molecule has 1 fully saturated rings. The summed E-state index contributed by atoms with van der Waals surface area (Å²) in [5, 5.41) is 9.61. The van der Waals surface area contributed by atoms with E-state index < -0.39 is 0 Å². The molecule has 0 aromatic carbocycles. The SMILES string of the molecule is COc1nc2ccn(CCCN3CCC(C(N)=O)CC3)c(=O)c2cc1C#N. The number of rotatable bonds is 6. The second-order valence-corrected chi connectivity index (χ2v) is 6.78. The molecule has 8 nitrogen and oxygen atoms in total. The number of amides is 1. The van der Waals surface area contributed by atoms with Crippen molar-refractivity contribution in [3.8, 4) is 11.9 Å². The third-order valence-electron chi connectivity index (χ3n) is 5.10. The van der Waals surface area contributed by atoms with E-state index in [1.807, 2.05) is 6.07 Å². The molecule has 1 saturated heterocycles. The van der Waals surface area contributed by atoms with Crippen LogP contribution in [0.4, 0.5) is 0 Å².